The lowest BCUT2D eigenvalue weighted by Crippen LogP contribution is -2.21. The molecule has 0 bridgehead atoms. The van der Waals surface area contributed by atoms with Crippen molar-refractivity contribution in [1.82, 2.24) is 24.8 Å². The second-order valence-corrected chi connectivity index (χ2v) is 7.99. The fraction of sp³-hybridized carbons (Fsp3) is 0.455. The Balaban J connectivity index is 0.000000349. The highest BCUT2D eigenvalue weighted by Crippen LogP contribution is 2.33. The number of nitrogens with zero attached hydrogens (tertiary/aromatic N) is 5. The molecule has 0 aromatic carbocycles. The van der Waals surface area contributed by atoms with E-state index in [4.69, 9.17) is 45.6 Å². The van der Waals surface area contributed by atoms with Crippen LogP contribution in [0.25, 0.3) is 22.6 Å². The van der Waals surface area contributed by atoms with Crippen LogP contribution in [0.2, 0.25) is 0 Å². The lowest BCUT2D eigenvalue weighted by molar-refractivity contribution is -0.193. The van der Waals surface area contributed by atoms with Crippen LogP contribution in [-0.2, 0) is 16.1 Å². The molecular weight excluding hydrogens is 572 g/mol. The first-order valence-electron chi connectivity index (χ1n) is 11.5. The summed E-state index contributed by atoms with van der Waals surface area (Å²) in [6.45, 7) is 3.69. The molecule has 19 heteroatoms. The number of alkyl halides is 6. The molecule has 6 N–H and O–H groups in total. The first-order valence-corrected chi connectivity index (χ1v) is 11.5. The Bertz CT molecular complexity index is 1400. The molecule has 0 unspecified atom stereocenters. The fourth-order valence-corrected chi connectivity index (χ4v) is 2.81. The molecule has 1 aliphatic carbocycles. The van der Waals surface area contributed by atoms with Gasteiger partial charge < -0.3 is 31.0 Å². The molecule has 3 aromatic rings. The van der Waals surface area contributed by atoms with Gasteiger partial charge in [-0.15, -0.1) is 0 Å². The Kier molecular flexibility index (Phi) is 10.9. The summed E-state index contributed by atoms with van der Waals surface area (Å²) in [5, 5.41) is 21.8. The van der Waals surface area contributed by atoms with Gasteiger partial charge in [-0.05, 0) is 49.0 Å². The molecule has 1 fully saturated rings. The number of rotatable bonds is 6. The summed E-state index contributed by atoms with van der Waals surface area (Å²) in [6.07, 6.45) is -5.44. The van der Waals surface area contributed by atoms with Gasteiger partial charge in [0.05, 0.1) is 12.8 Å². The third kappa shape index (κ3) is 9.23. The quantitative estimate of drug-likeness (QED) is 0.184. The number of carboxylic acids is 2. The summed E-state index contributed by atoms with van der Waals surface area (Å²) < 4.78 is 76.1. The minimum atomic E-state index is -5.08. The van der Waals surface area contributed by atoms with E-state index in [9.17, 15) is 26.3 Å². The maximum absolute atomic E-state index is 10.6. The average Bonchev–Trinajstić information content (AvgIpc) is 3.49. The largest absolute Gasteiger partial charge is 0.490 e. The molecule has 41 heavy (non-hydrogen) atoms. The topological polar surface area (TPSA) is 205 Å². The number of anilines is 1. The number of aromatic nitrogens is 5. The van der Waals surface area contributed by atoms with Crippen molar-refractivity contribution in [3.63, 3.8) is 0 Å². The Morgan fingerprint density at radius 2 is 1.73 bits per heavy atom. The van der Waals surface area contributed by atoms with Gasteiger partial charge in [0, 0.05) is 12.5 Å². The van der Waals surface area contributed by atoms with E-state index in [2.05, 4.69) is 27.1 Å². The zero-order valence-corrected chi connectivity index (χ0v) is 21.1. The van der Waals surface area contributed by atoms with Crippen molar-refractivity contribution in [2.24, 2.45) is 11.7 Å². The fourth-order valence-electron chi connectivity index (χ4n) is 2.81. The van der Waals surface area contributed by atoms with E-state index < -0.39 is 24.3 Å². The molecule has 0 amide bonds. The maximum atomic E-state index is 10.6. The summed E-state index contributed by atoms with van der Waals surface area (Å²) in [7, 11) is 0. The van der Waals surface area contributed by atoms with Crippen LogP contribution in [0.3, 0.4) is 0 Å². The molecule has 3 heterocycles. The molecule has 0 atom stereocenters. The summed E-state index contributed by atoms with van der Waals surface area (Å²) in [5.41, 5.74) is 13.9. The van der Waals surface area contributed by atoms with Crippen LogP contribution in [0.4, 0.5) is 32.2 Å². The van der Waals surface area contributed by atoms with Crippen molar-refractivity contribution in [2.75, 3.05) is 18.9 Å². The van der Waals surface area contributed by atoms with Gasteiger partial charge in [0.15, 0.2) is 23.1 Å². The standard InChI is InChI=1S/C18H21N7O2.2C2HF3O2/c1-2-25-16-13(26-9-3-8-19)10-21-12(7-6-11-4-5-11)14(16)22-18(25)15-17(20)24-27-23-15;2*3-2(4,5)1(6)7/h10-11H,2-5,8-9,19H2,1H3,(H2,20,24);2*(H,6,7). The highest BCUT2D eigenvalue weighted by Gasteiger charge is 2.38. The van der Waals surface area contributed by atoms with Gasteiger partial charge in [-0.1, -0.05) is 5.92 Å². The summed E-state index contributed by atoms with van der Waals surface area (Å²) in [4.78, 5) is 27.0. The molecule has 0 radical (unpaired) electrons. The number of aliphatic carboxylic acids is 2. The number of hydrogen-bond donors (Lipinski definition) is 4. The Labute approximate surface area is 226 Å². The van der Waals surface area contributed by atoms with Crippen LogP contribution in [0.1, 0.15) is 31.9 Å². The number of carboxylic acid groups (broad SMARTS) is 2. The Hall–Kier alpha value is -4.60. The molecule has 1 aliphatic rings. The second kappa shape index (κ2) is 13.6. The van der Waals surface area contributed by atoms with Gasteiger partial charge in [-0.3, -0.25) is 0 Å². The van der Waals surface area contributed by atoms with Crippen LogP contribution in [0.15, 0.2) is 10.8 Å². The van der Waals surface area contributed by atoms with Gasteiger partial charge in [0.25, 0.3) is 0 Å². The van der Waals surface area contributed by atoms with Gasteiger partial charge in [0.2, 0.25) is 0 Å². The van der Waals surface area contributed by atoms with Crippen molar-refractivity contribution >= 4 is 28.8 Å². The van der Waals surface area contributed by atoms with E-state index in [-0.39, 0.29) is 5.82 Å². The average molecular weight is 595 g/mol. The molecule has 224 valence electrons. The Morgan fingerprint density at radius 3 is 2.17 bits per heavy atom. The second-order valence-electron chi connectivity index (χ2n) is 7.99. The molecule has 0 saturated heterocycles. The van der Waals surface area contributed by atoms with Gasteiger partial charge in [-0.2, -0.15) is 26.3 Å². The minimum Gasteiger partial charge on any atom is -0.490 e. The summed E-state index contributed by atoms with van der Waals surface area (Å²) >= 11 is 0. The minimum absolute atomic E-state index is 0.184. The Morgan fingerprint density at radius 1 is 1.15 bits per heavy atom. The first-order chi connectivity index (χ1) is 19.1. The molecule has 0 spiro atoms. The molecule has 3 aromatic heterocycles. The number of pyridine rings is 1. The molecule has 4 rings (SSSR count). The monoisotopic (exact) mass is 595 g/mol. The zero-order valence-electron chi connectivity index (χ0n) is 21.1. The van der Waals surface area contributed by atoms with E-state index in [1.807, 2.05) is 11.5 Å². The van der Waals surface area contributed by atoms with E-state index in [1.165, 1.54) is 0 Å². The smallest absolute Gasteiger partial charge is 0.490 e. The number of halogens is 6. The summed E-state index contributed by atoms with van der Waals surface area (Å²) in [5.74, 6) is 2.72. The lowest BCUT2D eigenvalue weighted by Gasteiger charge is -2.10. The highest BCUT2D eigenvalue weighted by molar-refractivity contribution is 5.89. The number of nitrogen functional groups attached to an aromatic ring is 1. The van der Waals surface area contributed by atoms with Crippen LogP contribution in [-0.4, -0.2) is 72.5 Å². The van der Waals surface area contributed by atoms with E-state index >= 15 is 0 Å². The van der Waals surface area contributed by atoms with Gasteiger partial charge >= 0.3 is 24.3 Å². The molecule has 1 saturated carbocycles. The van der Waals surface area contributed by atoms with Crippen molar-refractivity contribution in [3.8, 4) is 29.1 Å². The maximum Gasteiger partial charge on any atom is 0.490 e. The molecule has 13 nitrogen and oxygen atoms in total. The van der Waals surface area contributed by atoms with E-state index in [1.54, 1.807) is 6.20 Å². The van der Waals surface area contributed by atoms with Crippen LogP contribution < -0.4 is 16.2 Å². The van der Waals surface area contributed by atoms with Crippen molar-refractivity contribution in [2.45, 2.75) is 45.1 Å². The number of ether oxygens (including phenoxy) is 1. The lowest BCUT2D eigenvalue weighted by atomic mass is 10.2. The van der Waals surface area contributed by atoms with E-state index in [0.717, 1.165) is 24.8 Å². The van der Waals surface area contributed by atoms with E-state index in [0.29, 0.717) is 54.1 Å². The SMILES string of the molecule is CCn1c(-c2nonc2N)nc2c(C#CC3CC3)ncc(OCCCN)c21.O=C(O)C(F)(F)F.O=C(O)C(F)(F)F. The van der Waals surface area contributed by atoms with Crippen molar-refractivity contribution < 1.29 is 55.5 Å². The summed E-state index contributed by atoms with van der Waals surface area (Å²) in [6, 6.07) is 0. The third-order valence-electron chi connectivity index (χ3n) is 4.84. The number of aryl methyl sites for hydroxylation is 1. The van der Waals surface area contributed by atoms with Crippen LogP contribution in [0.5, 0.6) is 5.75 Å². The normalized spacial score (nSPS) is 12.8. The number of nitrogens with two attached hydrogens (primary N) is 2. The molecule has 0 aliphatic heterocycles. The third-order valence-corrected chi connectivity index (χ3v) is 4.84. The zero-order chi connectivity index (χ0) is 31.0. The van der Waals surface area contributed by atoms with Crippen LogP contribution >= 0.6 is 0 Å². The molecular formula is C22H23F6N7O6. The highest BCUT2D eigenvalue weighted by atomic mass is 19.4. The predicted molar refractivity (Wildman–Crippen MR) is 127 cm³/mol. The van der Waals surface area contributed by atoms with Crippen LogP contribution in [0, 0.1) is 17.8 Å². The first kappa shape index (κ1) is 32.6. The van der Waals surface area contributed by atoms with Crippen molar-refractivity contribution in [3.05, 3.63) is 11.9 Å². The number of imidazole rings is 1. The number of fused-ring (bicyclic) bond motifs is 1. The number of hydrogen-bond acceptors (Lipinski definition) is 10. The van der Waals surface area contributed by atoms with Gasteiger partial charge in [-0.25, -0.2) is 24.2 Å². The number of carbonyl (C=O) groups is 2. The predicted octanol–water partition coefficient (Wildman–Crippen LogP) is 2.84. The van der Waals surface area contributed by atoms with Gasteiger partial charge in [0.1, 0.15) is 16.7 Å². The van der Waals surface area contributed by atoms with Crippen molar-refractivity contribution in [1.29, 1.82) is 0 Å².